The lowest BCUT2D eigenvalue weighted by molar-refractivity contribution is -0.131. The maximum absolute atomic E-state index is 12.0. The van der Waals surface area contributed by atoms with E-state index in [9.17, 15) is 14.4 Å². The Hall–Kier alpha value is -2.31. The number of primary amides is 1. The Kier molecular flexibility index (Phi) is 3.55. The molecule has 1 aromatic heterocycles. The van der Waals surface area contributed by atoms with Gasteiger partial charge in [0.25, 0.3) is 5.56 Å². The lowest BCUT2D eigenvalue weighted by Gasteiger charge is -2.16. The zero-order chi connectivity index (χ0) is 14.0. The molecule has 1 saturated heterocycles. The van der Waals surface area contributed by atoms with Gasteiger partial charge in [0, 0.05) is 31.0 Å². The molecule has 1 aliphatic rings. The van der Waals surface area contributed by atoms with Crippen LogP contribution in [0.4, 0.5) is 5.69 Å². The van der Waals surface area contributed by atoms with E-state index in [0.29, 0.717) is 25.2 Å². The van der Waals surface area contributed by atoms with Gasteiger partial charge in [-0.3, -0.25) is 14.4 Å². The van der Waals surface area contributed by atoms with Crippen molar-refractivity contribution in [3.05, 3.63) is 28.7 Å². The minimum atomic E-state index is -0.392. The van der Waals surface area contributed by atoms with E-state index in [-0.39, 0.29) is 23.9 Å². The molecule has 1 unspecified atom stereocenters. The standard InChI is InChI=1S/C12H16N4O3/c13-9-1-2-10(17)16(6-9)7-11(18)15-4-3-8(5-15)12(14)19/h1-2,6,8H,3-5,7,13H2,(H2,14,19). The first kappa shape index (κ1) is 13.1. The third-order valence-corrected chi connectivity index (χ3v) is 3.26. The van der Waals surface area contributed by atoms with E-state index in [2.05, 4.69) is 0 Å². The van der Waals surface area contributed by atoms with Crippen LogP contribution in [-0.2, 0) is 16.1 Å². The molecule has 2 amide bonds. The van der Waals surface area contributed by atoms with Crippen molar-refractivity contribution in [3.8, 4) is 0 Å². The number of likely N-dealkylation sites (tertiary alicyclic amines) is 1. The molecular weight excluding hydrogens is 248 g/mol. The third kappa shape index (κ3) is 2.93. The summed E-state index contributed by atoms with van der Waals surface area (Å²) in [7, 11) is 0. The summed E-state index contributed by atoms with van der Waals surface area (Å²) in [4.78, 5) is 36.2. The van der Waals surface area contributed by atoms with Gasteiger partial charge < -0.3 is 20.9 Å². The zero-order valence-corrected chi connectivity index (χ0v) is 10.4. The summed E-state index contributed by atoms with van der Waals surface area (Å²) in [5.74, 6) is -0.894. The van der Waals surface area contributed by atoms with Gasteiger partial charge in [0.1, 0.15) is 6.54 Å². The number of aromatic nitrogens is 1. The van der Waals surface area contributed by atoms with Crippen molar-refractivity contribution in [1.29, 1.82) is 0 Å². The van der Waals surface area contributed by atoms with Gasteiger partial charge in [-0.1, -0.05) is 0 Å². The summed E-state index contributed by atoms with van der Waals surface area (Å²) in [6.07, 6.45) is 2.01. The molecule has 1 atom stereocenters. The molecule has 2 heterocycles. The summed E-state index contributed by atoms with van der Waals surface area (Å²) in [6.45, 7) is 0.740. The van der Waals surface area contributed by atoms with Crippen molar-refractivity contribution >= 4 is 17.5 Å². The molecule has 4 N–H and O–H groups in total. The van der Waals surface area contributed by atoms with E-state index < -0.39 is 5.91 Å². The van der Waals surface area contributed by atoms with Crippen molar-refractivity contribution in [1.82, 2.24) is 9.47 Å². The second-order valence-corrected chi connectivity index (χ2v) is 4.66. The van der Waals surface area contributed by atoms with Crippen molar-refractivity contribution in [3.63, 3.8) is 0 Å². The number of nitrogens with zero attached hydrogens (tertiary/aromatic N) is 2. The van der Waals surface area contributed by atoms with Crippen molar-refractivity contribution < 1.29 is 9.59 Å². The number of rotatable bonds is 3. The Morgan fingerprint density at radius 2 is 2.11 bits per heavy atom. The van der Waals surface area contributed by atoms with E-state index in [1.165, 1.54) is 22.9 Å². The van der Waals surface area contributed by atoms with Gasteiger partial charge in [0.15, 0.2) is 0 Å². The molecule has 19 heavy (non-hydrogen) atoms. The van der Waals surface area contributed by atoms with Crippen LogP contribution in [0.25, 0.3) is 0 Å². The quantitative estimate of drug-likeness (QED) is 0.711. The molecule has 0 bridgehead atoms. The molecular formula is C12H16N4O3. The van der Waals surface area contributed by atoms with E-state index in [1.807, 2.05) is 0 Å². The molecule has 0 spiro atoms. The summed E-state index contributed by atoms with van der Waals surface area (Å²) in [5.41, 5.74) is 10.9. The fraction of sp³-hybridized carbons (Fsp3) is 0.417. The second-order valence-electron chi connectivity index (χ2n) is 4.66. The van der Waals surface area contributed by atoms with Crippen molar-refractivity contribution in [2.75, 3.05) is 18.8 Å². The van der Waals surface area contributed by atoms with Crippen LogP contribution >= 0.6 is 0 Å². The lowest BCUT2D eigenvalue weighted by atomic mass is 10.1. The fourth-order valence-corrected chi connectivity index (χ4v) is 2.14. The second kappa shape index (κ2) is 5.13. The molecule has 0 aliphatic carbocycles. The summed E-state index contributed by atoms with van der Waals surface area (Å²) >= 11 is 0. The smallest absolute Gasteiger partial charge is 0.251 e. The highest BCUT2D eigenvalue weighted by molar-refractivity contribution is 5.81. The predicted octanol–water partition coefficient (Wildman–Crippen LogP) is -1.24. The van der Waals surface area contributed by atoms with Gasteiger partial charge in [0.05, 0.1) is 5.92 Å². The number of amides is 2. The molecule has 1 aliphatic heterocycles. The van der Waals surface area contributed by atoms with Gasteiger partial charge in [-0.05, 0) is 12.5 Å². The van der Waals surface area contributed by atoms with Crippen LogP contribution in [0.3, 0.4) is 0 Å². The van der Waals surface area contributed by atoms with Gasteiger partial charge in [-0.2, -0.15) is 0 Å². The highest BCUT2D eigenvalue weighted by atomic mass is 16.2. The largest absolute Gasteiger partial charge is 0.398 e. The molecule has 0 radical (unpaired) electrons. The van der Waals surface area contributed by atoms with Crippen LogP contribution in [0.5, 0.6) is 0 Å². The average molecular weight is 264 g/mol. The monoisotopic (exact) mass is 264 g/mol. The zero-order valence-electron chi connectivity index (χ0n) is 10.4. The highest BCUT2D eigenvalue weighted by Crippen LogP contribution is 2.15. The van der Waals surface area contributed by atoms with Gasteiger partial charge in [-0.25, -0.2) is 0 Å². The van der Waals surface area contributed by atoms with Crippen LogP contribution in [-0.4, -0.2) is 34.4 Å². The first-order valence-electron chi connectivity index (χ1n) is 6.00. The summed E-state index contributed by atoms with van der Waals surface area (Å²) in [6, 6.07) is 2.81. The van der Waals surface area contributed by atoms with E-state index in [0.717, 1.165) is 0 Å². The Morgan fingerprint density at radius 3 is 2.74 bits per heavy atom. The number of anilines is 1. The predicted molar refractivity (Wildman–Crippen MR) is 69.0 cm³/mol. The minimum Gasteiger partial charge on any atom is -0.398 e. The molecule has 7 heteroatoms. The number of nitrogens with two attached hydrogens (primary N) is 2. The number of carbonyl (C=O) groups is 2. The fourth-order valence-electron chi connectivity index (χ4n) is 2.14. The van der Waals surface area contributed by atoms with E-state index in [1.54, 1.807) is 4.90 Å². The van der Waals surface area contributed by atoms with Gasteiger partial charge in [-0.15, -0.1) is 0 Å². The molecule has 0 aromatic carbocycles. The number of nitrogen functional groups attached to an aromatic ring is 1. The maximum atomic E-state index is 12.0. The van der Waals surface area contributed by atoms with Crippen molar-refractivity contribution in [2.45, 2.75) is 13.0 Å². The summed E-state index contributed by atoms with van der Waals surface area (Å²) in [5, 5.41) is 0. The Balaban J connectivity index is 2.04. The van der Waals surface area contributed by atoms with Crippen LogP contribution in [0.1, 0.15) is 6.42 Å². The molecule has 7 nitrogen and oxygen atoms in total. The molecule has 0 saturated carbocycles. The molecule has 1 fully saturated rings. The summed E-state index contributed by atoms with van der Waals surface area (Å²) < 4.78 is 1.26. The molecule has 2 rings (SSSR count). The Morgan fingerprint density at radius 1 is 1.37 bits per heavy atom. The lowest BCUT2D eigenvalue weighted by Crippen LogP contribution is -2.36. The maximum Gasteiger partial charge on any atom is 0.251 e. The van der Waals surface area contributed by atoms with Gasteiger partial charge >= 0.3 is 0 Å². The van der Waals surface area contributed by atoms with E-state index >= 15 is 0 Å². The third-order valence-electron chi connectivity index (χ3n) is 3.26. The van der Waals surface area contributed by atoms with Crippen molar-refractivity contribution in [2.24, 2.45) is 11.7 Å². The number of hydrogen-bond acceptors (Lipinski definition) is 4. The first-order chi connectivity index (χ1) is 8.97. The number of pyridine rings is 1. The average Bonchev–Trinajstić information content (AvgIpc) is 2.83. The SMILES string of the molecule is NC(=O)C1CCN(C(=O)Cn2cc(N)ccc2=O)C1. The van der Waals surface area contributed by atoms with E-state index in [4.69, 9.17) is 11.5 Å². The van der Waals surface area contributed by atoms with Crippen LogP contribution in [0.15, 0.2) is 23.1 Å². The Bertz CT molecular complexity index is 566. The Labute approximate surface area is 109 Å². The normalized spacial score (nSPS) is 18.5. The first-order valence-corrected chi connectivity index (χ1v) is 6.00. The number of carbonyl (C=O) groups excluding carboxylic acids is 2. The van der Waals surface area contributed by atoms with Gasteiger partial charge in [0.2, 0.25) is 11.8 Å². The topological polar surface area (TPSA) is 111 Å². The van der Waals surface area contributed by atoms with Crippen LogP contribution in [0.2, 0.25) is 0 Å². The number of hydrogen-bond donors (Lipinski definition) is 2. The van der Waals surface area contributed by atoms with Crippen LogP contribution < -0.4 is 17.0 Å². The van der Waals surface area contributed by atoms with Crippen LogP contribution in [0, 0.1) is 5.92 Å². The molecule has 1 aromatic rings. The molecule has 102 valence electrons. The minimum absolute atomic E-state index is 0.0741. The highest BCUT2D eigenvalue weighted by Gasteiger charge is 2.29.